The normalized spacial score (nSPS) is 10.7. The molecule has 3 rings (SSSR count). The van der Waals surface area contributed by atoms with E-state index in [2.05, 4.69) is 10.3 Å². The zero-order chi connectivity index (χ0) is 19.9. The van der Waals surface area contributed by atoms with E-state index in [0.717, 1.165) is 34.3 Å². The highest BCUT2D eigenvalue weighted by atomic mass is 32.1. The monoisotopic (exact) mass is 405 g/mol. The summed E-state index contributed by atoms with van der Waals surface area (Å²) < 4.78 is 31.7. The molecule has 146 valence electrons. The minimum Gasteiger partial charge on any atom is -0.489 e. The van der Waals surface area contributed by atoms with Crippen LogP contribution in [0.5, 0.6) is 5.75 Å². The third-order valence-electron chi connectivity index (χ3n) is 3.77. The molecule has 28 heavy (non-hydrogen) atoms. The number of benzene rings is 1. The van der Waals surface area contributed by atoms with Crippen LogP contribution in [0.2, 0.25) is 0 Å². The number of carbonyl (C=O) groups excluding carboxylic acids is 1. The fraction of sp³-hybridized carbons (Fsp3) is 0.158. The molecule has 0 aliphatic carbocycles. The lowest BCUT2D eigenvalue weighted by Crippen LogP contribution is -2.21. The molecule has 0 spiro atoms. The number of hydrogen-bond acceptors (Lipinski definition) is 6. The number of amides is 1. The number of halogens is 2. The highest BCUT2D eigenvalue weighted by Crippen LogP contribution is 2.26. The van der Waals surface area contributed by atoms with E-state index in [-0.39, 0.29) is 12.4 Å². The van der Waals surface area contributed by atoms with E-state index in [0.29, 0.717) is 18.0 Å². The summed E-state index contributed by atoms with van der Waals surface area (Å²) in [5.74, 6) is -1.82. The van der Waals surface area contributed by atoms with E-state index >= 15 is 0 Å². The van der Waals surface area contributed by atoms with Gasteiger partial charge in [0.1, 0.15) is 12.4 Å². The summed E-state index contributed by atoms with van der Waals surface area (Å²) >= 11 is 1.22. The first kappa shape index (κ1) is 19.9. The van der Waals surface area contributed by atoms with E-state index in [1.165, 1.54) is 11.3 Å². The van der Waals surface area contributed by atoms with Crippen LogP contribution in [0.3, 0.4) is 0 Å². The van der Waals surface area contributed by atoms with Gasteiger partial charge in [0.05, 0.1) is 15.4 Å². The minimum absolute atomic E-state index is 0.113. The molecule has 1 amide bonds. The van der Waals surface area contributed by atoms with E-state index in [9.17, 15) is 13.6 Å². The molecule has 0 fully saturated rings. The Hall–Kier alpha value is -2.88. The second kappa shape index (κ2) is 9.36. The average molecular weight is 405 g/mol. The van der Waals surface area contributed by atoms with Gasteiger partial charge in [-0.25, -0.2) is 14.3 Å². The molecule has 0 aliphatic rings. The van der Waals surface area contributed by atoms with Crippen molar-refractivity contribution in [1.29, 1.82) is 0 Å². The molecule has 3 N–H and O–H groups in total. The van der Waals surface area contributed by atoms with Crippen molar-refractivity contribution in [3.8, 4) is 16.3 Å². The highest BCUT2D eigenvalue weighted by Gasteiger charge is 2.10. The molecule has 6 nitrogen and oxygen atoms in total. The van der Waals surface area contributed by atoms with Crippen molar-refractivity contribution in [2.24, 2.45) is 0 Å². The Morgan fingerprint density at radius 2 is 2.04 bits per heavy atom. The first-order valence-electron chi connectivity index (χ1n) is 8.35. The predicted octanol–water partition coefficient (Wildman–Crippen LogP) is 3.38. The molecule has 0 atom stereocenters. The summed E-state index contributed by atoms with van der Waals surface area (Å²) in [5.41, 5.74) is 3.25. The maximum Gasteiger partial charge on any atom is 0.284 e. The number of nitrogens with zero attached hydrogens (tertiary/aromatic N) is 1. The number of thiophene rings is 1. The van der Waals surface area contributed by atoms with Gasteiger partial charge in [-0.3, -0.25) is 15.0 Å². The second-order valence-corrected chi connectivity index (χ2v) is 6.84. The highest BCUT2D eigenvalue weighted by molar-refractivity contribution is 7.17. The Morgan fingerprint density at radius 1 is 1.18 bits per heavy atom. The molecule has 0 bridgehead atoms. The van der Waals surface area contributed by atoms with Crippen LogP contribution < -0.4 is 15.5 Å². The summed E-state index contributed by atoms with van der Waals surface area (Å²) in [6.45, 7) is 1.17. The van der Waals surface area contributed by atoms with Crippen molar-refractivity contribution in [1.82, 2.24) is 15.8 Å². The molecule has 0 radical (unpaired) electrons. The Bertz CT molecular complexity index is 948. The summed E-state index contributed by atoms with van der Waals surface area (Å²) in [5, 5.41) is 11.8. The van der Waals surface area contributed by atoms with Gasteiger partial charge in [0, 0.05) is 25.4 Å². The maximum atomic E-state index is 13.4. The van der Waals surface area contributed by atoms with Crippen LogP contribution in [0.25, 0.3) is 10.6 Å². The van der Waals surface area contributed by atoms with Crippen LogP contribution in [0.15, 0.2) is 48.7 Å². The first-order valence-corrected chi connectivity index (χ1v) is 9.16. The number of ether oxygens (including phenoxy) is 1. The Kier molecular flexibility index (Phi) is 6.64. The van der Waals surface area contributed by atoms with Gasteiger partial charge in [0.15, 0.2) is 11.6 Å². The summed E-state index contributed by atoms with van der Waals surface area (Å²) in [4.78, 5) is 16.9. The fourth-order valence-electron chi connectivity index (χ4n) is 2.38. The second-order valence-electron chi connectivity index (χ2n) is 5.76. The number of aromatic nitrogens is 1. The zero-order valence-electron chi connectivity index (χ0n) is 14.6. The summed E-state index contributed by atoms with van der Waals surface area (Å²) in [6.07, 6.45) is 1.71. The summed E-state index contributed by atoms with van der Waals surface area (Å²) in [7, 11) is 0. The molecule has 1 aromatic carbocycles. The number of rotatable bonds is 8. The zero-order valence-corrected chi connectivity index (χ0v) is 15.4. The van der Waals surface area contributed by atoms with E-state index in [1.807, 2.05) is 12.1 Å². The molecule has 0 unspecified atom stereocenters. The molecule has 3 aromatic rings. The van der Waals surface area contributed by atoms with Crippen molar-refractivity contribution < 1.29 is 23.5 Å². The maximum absolute atomic E-state index is 13.4. The third-order valence-corrected chi connectivity index (χ3v) is 4.87. The lowest BCUT2D eigenvalue weighted by molar-refractivity contribution is 0.0711. The molecular weight excluding hydrogens is 388 g/mol. The number of carbonyl (C=O) groups is 1. The molecule has 0 aliphatic heterocycles. The van der Waals surface area contributed by atoms with Gasteiger partial charge in [-0.15, -0.1) is 11.3 Å². The predicted molar refractivity (Wildman–Crippen MR) is 100 cm³/mol. The lowest BCUT2D eigenvalue weighted by atomic mass is 10.2. The van der Waals surface area contributed by atoms with Crippen molar-refractivity contribution in [3.05, 3.63) is 70.7 Å². The van der Waals surface area contributed by atoms with Crippen LogP contribution in [0.1, 0.15) is 15.2 Å². The van der Waals surface area contributed by atoms with Gasteiger partial charge < -0.3 is 10.1 Å². The molecule has 2 aromatic heterocycles. The fourth-order valence-corrected chi connectivity index (χ4v) is 3.25. The SMILES string of the molecule is O=C(NO)c1ccc(-c2ccc(CNCCOc3cc(F)ccc3F)cn2)s1. The Morgan fingerprint density at radius 3 is 2.79 bits per heavy atom. The quantitative estimate of drug-likeness (QED) is 0.304. The number of nitrogens with one attached hydrogen (secondary N) is 2. The molecule has 9 heteroatoms. The number of hydroxylamine groups is 1. The van der Waals surface area contributed by atoms with Gasteiger partial charge in [-0.05, 0) is 35.9 Å². The van der Waals surface area contributed by atoms with E-state index in [4.69, 9.17) is 9.94 Å². The van der Waals surface area contributed by atoms with Crippen molar-refractivity contribution in [2.45, 2.75) is 6.54 Å². The van der Waals surface area contributed by atoms with Gasteiger partial charge in [-0.2, -0.15) is 0 Å². The minimum atomic E-state index is -0.602. The van der Waals surface area contributed by atoms with Gasteiger partial charge in [0.2, 0.25) is 0 Å². The molecule has 2 heterocycles. The molecular formula is C19H17F2N3O3S. The Balaban J connectivity index is 1.46. The van der Waals surface area contributed by atoms with Crippen LogP contribution in [-0.4, -0.2) is 29.3 Å². The van der Waals surface area contributed by atoms with E-state index in [1.54, 1.807) is 23.8 Å². The lowest BCUT2D eigenvalue weighted by Gasteiger charge is -2.08. The molecule has 0 saturated carbocycles. The van der Waals surface area contributed by atoms with Crippen LogP contribution >= 0.6 is 11.3 Å². The summed E-state index contributed by atoms with van der Waals surface area (Å²) in [6, 6.07) is 10.2. The smallest absolute Gasteiger partial charge is 0.284 e. The average Bonchev–Trinajstić information content (AvgIpc) is 3.20. The van der Waals surface area contributed by atoms with Crippen molar-refractivity contribution in [2.75, 3.05) is 13.2 Å². The Labute approximate surface area is 163 Å². The third kappa shape index (κ3) is 5.10. The van der Waals surface area contributed by atoms with Gasteiger partial charge in [-0.1, -0.05) is 6.07 Å². The van der Waals surface area contributed by atoms with Crippen LogP contribution in [0.4, 0.5) is 8.78 Å². The van der Waals surface area contributed by atoms with Gasteiger partial charge in [0.25, 0.3) is 5.91 Å². The van der Waals surface area contributed by atoms with Crippen LogP contribution in [0, 0.1) is 11.6 Å². The van der Waals surface area contributed by atoms with Crippen molar-refractivity contribution >= 4 is 17.2 Å². The largest absolute Gasteiger partial charge is 0.489 e. The van der Waals surface area contributed by atoms with Gasteiger partial charge >= 0.3 is 0 Å². The number of pyridine rings is 1. The van der Waals surface area contributed by atoms with Crippen molar-refractivity contribution in [3.63, 3.8) is 0 Å². The topological polar surface area (TPSA) is 83.5 Å². The van der Waals surface area contributed by atoms with Crippen LogP contribution in [-0.2, 0) is 6.54 Å². The number of hydrogen-bond donors (Lipinski definition) is 3. The first-order chi connectivity index (χ1) is 13.6. The molecule has 0 saturated heterocycles. The van der Waals surface area contributed by atoms with E-state index < -0.39 is 17.5 Å². The standard InChI is InChI=1S/C19H17F2N3O3S/c20-13-2-3-14(21)16(9-13)27-8-7-22-10-12-1-4-15(23-11-12)17-5-6-18(28-17)19(25)24-26/h1-6,9,11,22,26H,7-8,10H2,(H,24,25).